The number of amides is 1. The number of hydrogen-bond donors (Lipinski definition) is 1. The SMILES string of the molecule is CC1[C@@H](C)C[C@@H](C#N)N1C(=O)[C@@H](N)C1(C(C)C)CCCC1. The second-order valence-corrected chi connectivity index (χ2v) is 7.42. The smallest absolute Gasteiger partial charge is 0.241 e. The third-order valence-corrected chi connectivity index (χ3v) is 6.17. The Morgan fingerprint density at radius 1 is 1.33 bits per heavy atom. The van der Waals surface area contributed by atoms with Gasteiger partial charge in [0.25, 0.3) is 0 Å². The summed E-state index contributed by atoms with van der Waals surface area (Å²) in [4.78, 5) is 14.8. The molecule has 4 heteroatoms. The van der Waals surface area contributed by atoms with Crippen LogP contribution in [0.5, 0.6) is 0 Å². The molecule has 0 aromatic rings. The van der Waals surface area contributed by atoms with Gasteiger partial charge in [0.05, 0.1) is 12.1 Å². The summed E-state index contributed by atoms with van der Waals surface area (Å²) >= 11 is 0. The number of nitriles is 1. The van der Waals surface area contributed by atoms with Crippen LogP contribution >= 0.6 is 0 Å². The van der Waals surface area contributed by atoms with Crippen LogP contribution in [-0.4, -0.2) is 28.9 Å². The Balaban J connectivity index is 2.24. The standard InChI is InChI=1S/C17H29N3O/c1-11(2)17(7-5-6-8-17)15(19)16(21)20-13(4)12(3)9-14(20)10-18/h11-15H,5-9,19H2,1-4H3/t12-,13?,14-,15+/m0/s1. The van der Waals surface area contributed by atoms with Crippen LogP contribution in [-0.2, 0) is 4.79 Å². The van der Waals surface area contributed by atoms with Gasteiger partial charge in [0, 0.05) is 6.04 Å². The Kier molecular flexibility index (Phi) is 4.63. The summed E-state index contributed by atoms with van der Waals surface area (Å²) < 4.78 is 0. The van der Waals surface area contributed by atoms with Crippen molar-refractivity contribution in [2.24, 2.45) is 23.0 Å². The maximum atomic E-state index is 13.0. The molecule has 118 valence electrons. The average Bonchev–Trinajstić information content (AvgIpc) is 3.04. The highest BCUT2D eigenvalue weighted by Gasteiger charge is 2.49. The van der Waals surface area contributed by atoms with E-state index in [4.69, 9.17) is 5.73 Å². The van der Waals surface area contributed by atoms with Crippen molar-refractivity contribution in [2.45, 2.75) is 77.9 Å². The zero-order valence-corrected chi connectivity index (χ0v) is 13.8. The second kappa shape index (κ2) is 5.96. The molecular weight excluding hydrogens is 262 g/mol. The molecule has 0 aromatic carbocycles. The van der Waals surface area contributed by atoms with Crippen LogP contribution in [0.25, 0.3) is 0 Å². The van der Waals surface area contributed by atoms with Gasteiger partial charge >= 0.3 is 0 Å². The third-order valence-electron chi connectivity index (χ3n) is 6.17. The van der Waals surface area contributed by atoms with E-state index < -0.39 is 6.04 Å². The maximum Gasteiger partial charge on any atom is 0.241 e. The van der Waals surface area contributed by atoms with Gasteiger partial charge in [0.1, 0.15) is 6.04 Å². The van der Waals surface area contributed by atoms with Gasteiger partial charge in [0.15, 0.2) is 0 Å². The van der Waals surface area contributed by atoms with E-state index in [9.17, 15) is 10.1 Å². The Hall–Kier alpha value is -1.08. The molecule has 2 N–H and O–H groups in total. The highest BCUT2D eigenvalue weighted by molar-refractivity contribution is 5.84. The van der Waals surface area contributed by atoms with Gasteiger partial charge in [-0.15, -0.1) is 0 Å². The Bertz CT molecular complexity index is 434. The first-order valence-corrected chi connectivity index (χ1v) is 8.32. The first-order chi connectivity index (χ1) is 9.85. The molecular formula is C17H29N3O. The van der Waals surface area contributed by atoms with E-state index in [2.05, 4.69) is 26.8 Å². The highest BCUT2D eigenvalue weighted by Crippen LogP contribution is 2.47. The first kappa shape index (κ1) is 16.3. The summed E-state index contributed by atoms with van der Waals surface area (Å²) in [5.41, 5.74) is 6.38. The van der Waals surface area contributed by atoms with Crippen molar-refractivity contribution in [1.29, 1.82) is 5.26 Å². The maximum absolute atomic E-state index is 13.0. The quantitative estimate of drug-likeness (QED) is 0.869. The molecule has 4 atom stereocenters. The minimum Gasteiger partial charge on any atom is -0.322 e. The van der Waals surface area contributed by atoms with E-state index in [1.54, 1.807) is 4.90 Å². The average molecular weight is 291 g/mol. The molecule has 1 aliphatic carbocycles. The molecule has 2 rings (SSSR count). The van der Waals surface area contributed by atoms with Crippen molar-refractivity contribution in [3.63, 3.8) is 0 Å². The van der Waals surface area contributed by atoms with E-state index in [0.29, 0.717) is 11.8 Å². The molecule has 1 saturated heterocycles. The summed E-state index contributed by atoms with van der Waals surface area (Å²) in [5.74, 6) is 0.758. The van der Waals surface area contributed by atoms with Gasteiger partial charge in [-0.2, -0.15) is 5.26 Å². The van der Waals surface area contributed by atoms with Crippen molar-refractivity contribution in [3.05, 3.63) is 0 Å². The molecule has 1 saturated carbocycles. The van der Waals surface area contributed by atoms with E-state index in [0.717, 1.165) is 32.1 Å². The normalized spacial score (nSPS) is 33.2. The van der Waals surface area contributed by atoms with Crippen LogP contribution in [0.4, 0.5) is 0 Å². The number of nitrogens with zero attached hydrogens (tertiary/aromatic N) is 2. The topological polar surface area (TPSA) is 70.1 Å². The Morgan fingerprint density at radius 2 is 1.90 bits per heavy atom. The minimum atomic E-state index is -0.469. The zero-order valence-electron chi connectivity index (χ0n) is 13.8. The molecule has 0 aromatic heterocycles. The fourth-order valence-electron chi connectivity index (χ4n) is 4.38. The van der Waals surface area contributed by atoms with Crippen LogP contribution < -0.4 is 5.73 Å². The number of rotatable bonds is 3. The number of hydrogen-bond acceptors (Lipinski definition) is 3. The van der Waals surface area contributed by atoms with Crippen molar-refractivity contribution >= 4 is 5.91 Å². The lowest BCUT2D eigenvalue weighted by Gasteiger charge is -2.41. The van der Waals surface area contributed by atoms with E-state index in [-0.39, 0.29) is 23.4 Å². The lowest BCUT2D eigenvalue weighted by atomic mass is 9.69. The molecule has 2 fully saturated rings. The van der Waals surface area contributed by atoms with E-state index >= 15 is 0 Å². The molecule has 1 heterocycles. The van der Waals surface area contributed by atoms with Gasteiger partial charge < -0.3 is 10.6 Å². The summed E-state index contributed by atoms with van der Waals surface area (Å²) in [7, 11) is 0. The fourth-order valence-corrected chi connectivity index (χ4v) is 4.38. The van der Waals surface area contributed by atoms with Gasteiger partial charge in [-0.3, -0.25) is 4.79 Å². The predicted molar refractivity (Wildman–Crippen MR) is 83.2 cm³/mol. The van der Waals surface area contributed by atoms with Crippen LogP contribution in [0.2, 0.25) is 0 Å². The zero-order chi connectivity index (χ0) is 15.8. The number of carbonyl (C=O) groups is 1. The predicted octanol–water partition coefficient (Wildman–Crippen LogP) is 2.68. The van der Waals surface area contributed by atoms with Crippen LogP contribution in [0.3, 0.4) is 0 Å². The largest absolute Gasteiger partial charge is 0.322 e. The summed E-state index contributed by atoms with van der Waals surface area (Å²) in [6.07, 6.45) is 5.16. The van der Waals surface area contributed by atoms with Crippen LogP contribution in [0.1, 0.15) is 59.8 Å². The molecule has 0 bridgehead atoms. The van der Waals surface area contributed by atoms with Crippen LogP contribution in [0.15, 0.2) is 0 Å². The summed E-state index contributed by atoms with van der Waals surface area (Å²) in [5, 5.41) is 9.36. The monoisotopic (exact) mass is 291 g/mol. The first-order valence-electron chi connectivity index (χ1n) is 8.32. The minimum absolute atomic E-state index is 0.00556. The summed E-state index contributed by atoms with van der Waals surface area (Å²) in [6, 6.07) is 1.63. The fraction of sp³-hybridized carbons (Fsp3) is 0.882. The lowest BCUT2D eigenvalue weighted by molar-refractivity contribution is -0.138. The molecule has 21 heavy (non-hydrogen) atoms. The lowest BCUT2D eigenvalue weighted by Crippen LogP contribution is -2.57. The van der Waals surface area contributed by atoms with E-state index in [1.807, 2.05) is 6.92 Å². The van der Waals surface area contributed by atoms with Gasteiger partial charge in [-0.1, -0.05) is 33.6 Å². The third kappa shape index (κ3) is 2.57. The van der Waals surface area contributed by atoms with Gasteiger partial charge in [-0.05, 0) is 43.4 Å². The molecule has 1 aliphatic heterocycles. The van der Waals surface area contributed by atoms with Crippen molar-refractivity contribution < 1.29 is 4.79 Å². The van der Waals surface area contributed by atoms with Crippen LogP contribution in [0, 0.1) is 28.6 Å². The number of likely N-dealkylation sites (tertiary alicyclic amines) is 1. The number of nitrogens with two attached hydrogens (primary N) is 1. The second-order valence-electron chi connectivity index (χ2n) is 7.42. The molecule has 0 radical (unpaired) electrons. The van der Waals surface area contributed by atoms with Crippen molar-refractivity contribution in [1.82, 2.24) is 4.90 Å². The van der Waals surface area contributed by atoms with Crippen molar-refractivity contribution in [2.75, 3.05) is 0 Å². The molecule has 2 aliphatic rings. The molecule has 1 amide bonds. The molecule has 0 spiro atoms. The van der Waals surface area contributed by atoms with E-state index in [1.165, 1.54) is 0 Å². The Labute approximate surface area is 128 Å². The molecule has 1 unspecified atom stereocenters. The molecule has 4 nitrogen and oxygen atoms in total. The van der Waals surface area contributed by atoms with Gasteiger partial charge in [-0.25, -0.2) is 0 Å². The van der Waals surface area contributed by atoms with Gasteiger partial charge in [0.2, 0.25) is 5.91 Å². The summed E-state index contributed by atoms with van der Waals surface area (Å²) in [6.45, 7) is 8.51. The number of carbonyl (C=O) groups excluding carboxylic acids is 1. The Morgan fingerprint density at radius 3 is 2.38 bits per heavy atom. The highest BCUT2D eigenvalue weighted by atomic mass is 16.2. The van der Waals surface area contributed by atoms with Crippen molar-refractivity contribution in [3.8, 4) is 6.07 Å².